The lowest BCUT2D eigenvalue weighted by atomic mass is 10.1. The Kier molecular flexibility index (Phi) is 5.69. The van der Waals surface area contributed by atoms with Crippen molar-refractivity contribution in [1.82, 2.24) is 14.5 Å². The Hall–Kier alpha value is -3.33. The molecule has 1 aliphatic carbocycles. The molecule has 0 aliphatic heterocycles. The van der Waals surface area contributed by atoms with Crippen LogP contribution in [0.1, 0.15) is 42.9 Å². The van der Waals surface area contributed by atoms with Gasteiger partial charge >= 0.3 is 5.97 Å². The zero-order valence-electron chi connectivity index (χ0n) is 17.1. The van der Waals surface area contributed by atoms with E-state index in [-0.39, 0.29) is 18.0 Å². The molecule has 2 heterocycles. The topological polar surface area (TPSA) is 123 Å². The fourth-order valence-corrected chi connectivity index (χ4v) is 4.06. The van der Waals surface area contributed by atoms with Crippen molar-refractivity contribution in [3.05, 3.63) is 57.8 Å². The van der Waals surface area contributed by atoms with Crippen molar-refractivity contribution in [3.8, 4) is 0 Å². The maximum absolute atomic E-state index is 14.5. The van der Waals surface area contributed by atoms with Gasteiger partial charge in [-0.25, -0.2) is 9.37 Å². The molecule has 0 amide bonds. The average molecular weight is 425 g/mol. The van der Waals surface area contributed by atoms with Crippen LogP contribution in [0.5, 0.6) is 0 Å². The van der Waals surface area contributed by atoms with Gasteiger partial charge in [0.1, 0.15) is 11.7 Å². The summed E-state index contributed by atoms with van der Waals surface area (Å²) in [6, 6.07) is 6.08. The number of carboxylic acids is 1. The van der Waals surface area contributed by atoms with Crippen molar-refractivity contribution in [2.45, 2.75) is 51.1 Å². The van der Waals surface area contributed by atoms with E-state index < -0.39 is 23.4 Å². The molecule has 0 spiro atoms. The Balaban J connectivity index is 1.66. The van der Waals surface area contributed by atoms with E-state index in [2.05, 4.69) is 15.3 Å². The molecule has 0 saturated heterocycles. The van der Waals surface area contributed by atoms with E-state index in [4.69, 9.17) is 10.8 Å². The number of rotatable bonds is 6. The van der Waals surface area contributed by atoms with Gasteiger partial charge in [-0.2, -0.15) is 4.98 Å². The van der Waals surface area contributed by atoms with E-state index in [0.717, 1.165) is 31.2 Å². The fraction of sp³-hybridized carbons (Fsp3) is 0.364. The van der Waals surface area contributed by atoms with E-state index in [0.29, 0.717) is 22.7 Å². The number of carboxylic acid groups (broad SMARTS) is 1. The number of hydrogen-bond acceptors (Lipinski definition) is 6. The maximum atomic E-state index is 14.5. The molecule has 1 fully saturated rings. The molecule has 1 atom stereocenters. The van der Waals surface area contributed by atoms with Crippen LogP contribution in [0.15, 0.2) is 35.3 Å². The van der Waals surface area contributed by atoms with Gasteiger partial charge in [-0.15, -0.1) is 0 Å². The number of halogens is 1. The third-order valence-corrected chi connectivity index (χ3v) is 5.81. The van der Waals surface area contributed by atoms with E-state index in [1.165, 1.54) is 10.8 Å². The highest BCUT2D eigenvalue weighted by molar-refractivity contribution is 5.79. The van der Waals surface area contributed by atoms with Crippen molar-refractivity contribution < 1.29 is 14.3 Å². The smallest absolute Gasteiger partial charge is 0.320 e. The van der Waals surface area contributed by atoms with Crippen LogP contribution in [0.4, 0.5) is 16.0 Å². The van der Waals surface area contributed by atoms with Crippen molar-refractivity contribution >= 4 is 28.6 Å². The van der Waals surface area contributed by atoms with Gasteiger partial charge in [0.05, 0.1) is 0 Å². The number of benzene rings is 1. The molecule has 4 rings (SSSR count). The first kappa shape index (κ1) is 20.9. The van der Waals surface area contributed by atoms with E-state index in [1.807, 2.05) is 0 Å². The molecule has 1 unspecified atom stereocenters. The maximum Gasteiger partial charge on any atom is 0.320 e. The second-order valence-electron chi connectivity index (χ2n) is 7.95. The quantitative estimate of drug-likeness (QED) is 0.555. The minimum Gasteiger partial charge on any atom is -0.480 e. The van der Waals surface area contributed by atoms with E-state index >= 15 is 0 Å². The Labute approximate surface area is 177 Å². The first-order chi connectivity index (χ1) is 14.8. The van der Waals surface area contributed by atoms with Gasteiger partial charge in [-0.3, -0.25) is 14.2 Å². The summed E-state index contributed by atoms with van der Waals surface area (Å²) in [5, 5.41) is 12.5. The highest BCUT2D eigenvalue weighted by atomic mass is 19.1. The lowest BCUT2D eigenvalue weighted by molar-refractivity contribution is -0.138. The molecule has 1 aromatic carbocycles. The number of carbonyl (C=O) groups is 1. The molecule has 1 aliphatic rings. The van der Waals surface area contributed by atoms with Gasteiger partial charge in [-0.1, -0.05) is 25.0 Å². The summed E-state index contributed by atoms with van der Waals surface area (Å²) in [4.78, 5) is 32.4. The predicted octanol–water partition coefficient (Wildman–Crippen LogP) is 3.05. The van der Waals surface area contributed by atoms with Gasteiger partial charge in [-0.05, 0) is 43.9 Å². The molecule has 4 N–H and O–H groups in total. The molecule has 3 aromatic rings. The fourth-order valence-electron chi connectivity index (χ4n) is 4.06. The number of aryl methyl sites for hydroxylation is 1. The van der Waals surface area contributed by atoms with Crippen LogP contribution < -0.4 is 16.6 Å². The molecule has 0 bridgehead atoms. The minimum absolute atomic E-state index is 0.0643. The summed E-state index contributed by atoms with van der Waals surface area (Å²) in [5.41, 5.74) is 7.10. The molecular weight excluding hydrogens is 401 g/mol. The van der Waals surface area contributed by atoms with Gasteiger partial charge in [0.15, 0.2) is 5.82 Å². The summed E-state index contributed by atoms with van der Waals surface area (Å²) in [6.07, 6.45) is 5.41. The lowest BCUT2D eigenvalue weighted by Gasteiger charge is -2.18. The van der Waals surface area contributed by atoms with Crippen molar-refractivity contribution in [3.63, 3.8) is 0 Å². The molecule has 162 valence electrons. The third-order valence-electron chi connectivity index (χ3n) is 5.81. The second kappa shape index (κ2) is 8.43. The van der Waals surface area contributed by atoms with E-state index in [9.17, 15) is 14.0 Å². The van der Waals surface area contributed by atoms with Gasteiger partial charge in [0.25, 0.3) is 5.56 Å². The SMILES string of the molecule is Cc1c(F)c(=O)n(C2CCCC2)c2nc(Nc3ccc(CC(N)C(=O)O)cc3)ncc12. The zero-order chi connectivity index (χ0) is 22.1. The number of aliphatic carboxylic acids is 1. The lowest BCUT2D eigenvalue weighted by Crippen LogP contribution is -2.32. The number of nitrogens with zero attached hydrogens (tertiary/aromatic N) is 3. The van der Waals surface area contributed by atoms with Gasteiger partial charge in [0, 0.05) is 28.9 Å². The summed E-state index contributed by atoms with van der Waals surface area (Å²) in [5.74, 6) is -1.51. The highest BCUT2D eigenvalue weighted by Gasteiger charge is 2.24. The number of hydrogen-bond donors (Lipinski definition) is 3. The first-order valence-electron chi connectivity index (χ1n) is 10.3. The molecular formula is C22H24FN5O3. The number of aromatic nitrogens is 3. The van der Waals surface area contributed by atoms with Crippen LogP contribution in [0, 0.1) is 12.7 Å². The number of nitrogens with one attached hydrogen (secondary N) is 1. The summed E-state index contributed by atoms with van der Waals surface area (Å²) in [6.45, 7) is 1.56. The highest BCUT2D eigenvalue weighted by Crippen LogP contribution is 2.31. The summed E-state index contributed by atoms with van der Waals surface area (Å²) < 4.78 is 16.0. The van der Waals surface area contributed by atoms with Crippen molar-refractivity contribution in [1.29, 1.82) is 0 Å². The van der Waals surface area contributed by atoms with Crippen LogP contribution >= 0.6 is 0 Å². The normalized spacial score (nSPS) is 15.3. The Bertz CT molecular complexity index is 1190. The number of anilines is 2. The van der Waals surface area contributed by atoms with Crippen LogP contribution in [0.2, 0.25) is 0 Å². The van der Waals surface area contributed by atoms with Crippen LogP contribution in [0.3, 0.4) is 0 Å². The molecule has 8 nitrogen and oxygen atoms in total. The van der Waals surface area contributed by atoms with Crippen LogP contribution in [-0.4, -0.2) is 31.7 Å². The Morgan fingerprint density at radius 3 is 2.65 bits per heavy atom. The van der Waals surface area contributed by atoms with Crippen molar-refractivity contribution in [2.24, 2.45) is 5.73 Å². The second-order valence-corrected chi connectivity index (χ2v) is 7.95. The minimum atomic E-state index is -1.05. The van der Waals surface area contributed by atoms with Crippen LogP contribution in [-0.2, 0) is 11.2 Å². The first-order valence-corrected chi connectivity index (χ1v) is 10.3. The molecule has 2 aromatic heterocycles. The number of nitrogens with two attached hydrogens (primary N) is 1. The molecule has 31 heavy (non-hydrogen) atoms. The van der Waals surface area contributed by atoms with E-state index in [1.54, 1.807) is 31.2 Å². The van der Waals surface area contributed by atoms with Gasteiger partial charge in [0.2, 0.25) is 5.95 Å². The average Bonchev–Trinajstić information content (AvgIpc) is 3.28. The summed E-state index contributed by atoms with van der Waals surface area (Å²) in [7, 11) is 0. The number of fused-ring (bicyclic) bond motifs is 1. The van der Waals surface area contributed by atoms with Crippen LogP contribution in [0.25, 0.3) is 11.0 Å². The molecule has 0 radical (unpaired) electrons. The zero-order valence-corrected chi connectivity index (χ0v) is 17.1. The largest absolute Gasteiger partial charge is 0.480 e. The molecule has 1 saturated carbocycles. The van der Waals surface area contributed by atoms with Gasteiger partial charge < -0.3 is 16.2 Å². The Morgan fingerprint density at radius 2 is 2.00 bits per heavy atom. The number of pyridine rings is 1. The van der Waals surface area contributed by atoms with Crippen molar-refractivity contribution in [2.75, 3.05) is 5.32 Å². The monoisotopic (exact) mass is 425 g/mol. The summed E-state index contributed by atoms with van der Waals surface area (Å²) >= 11 is 0. The third kappa shape index (κ3) is 4.13. The molecule has 9 heteroatoms. The standard InChI is InChI=1S/C22H24FN5O3/c1-12-16-11-25-22(26-14-8-6-13(7-9-14)10-17(24)21(30)31)27-19(16)28(20(29)18(12)23)15-4-2-3-5-15/h6-9,11,15,17H,2-5,10,24H2,1H3,(H,30,31)(H,25,26,27). The predicted molar refractivity (Wildman–Crippen MR) is 115 cm³/mol. The Morgan fingerprint density at radius 1 is 1.32 bits per heavy atom.